The minimum absolute atomic E-state index is 0.0342. The summed E-state index contributed by atoms with van der Waals surface area (Å²) in [4.78, 5) is 42.6. The van der Waals surface area contributed by atoms with Gasteiger partial charge in [-0.15, -0.1) is 0 Å². The van der Waals surface area contributed by atoms with Crippen molar-refractivity contribution in [3.8, 4) is 0 Å². The molecule has 3 heterocycles. The number of nitrogens with zero attached hydrogens (tertiary/aromatic N) is 3. The molecule has 1 aromatic carbocycles. The second-order valence-electron chi connectivity index (χ2n) is 8.35. The third-order valence-electron chi connectivity index (χ3n) is 6.20. The van der Waals surface area contributed by atoms with Crippen LogP contribution in [0.2, 0.25) is 0 Å². The molecule has 0 saturated carbocycles. The van der Waals surface area contributed by atoms with Crippen molar-refractivity contribution in [1.29, 1.82) is 0 Å². The van der Waals surface area contributed by atoms with E-state index in [2.05, 4.69) is 0 Å². The molecule has 0 bridgehead atoms. The average Bonchev–Trinajstić information content (AvgIpc) is 3.23. The van der Waals surface area contributed by atoms with E-state index in [0.717, 1.165) is 5.56 Å². The van der Waals surface area contributed by atoms with Gasteiger partial charge in [0.1, 0.15) is 0 Å². The number of aryl methyl sites for hydroxylation is 1. The summed E-state index contributed by atoms with van der Waals surface area (Å²) >= 11 is 0. The Kier molecular flexibility index (Phi) is 4.77. The zero-order valence-corrected chi connectivity index (χ0v) is 16.5. The first-order chi connectivity index (χ1) is 13.4. The summed E-state index contributed by atoms with van der Waals surface area (Å²) in [7, 11) is 1.72. The number of ether oxygens (including phenoxy) is 1. The number of amides is 3. The summed E-state index contributed by atoms with van der Waals surface area (Å²) in [5.74, 6) is 0.101. The van der Waals surface area contributed by atoms with Crippen LogP contribution in [0.1, 0.15) is 35.2 Å². The van der Waals surface area contributed by atoms with Crippen molar-refractivity contribution in [3.63, 3.8) is 0 Å². The second kappa shape index (κ2) is 7.11. The number of piperidine rings is 1. The molecule has 4 rings (SSSR count). The first kappa shape index (κ1) is 18.8. The van der Waals surface area contributed by atoms with Crippen LogP contribution in [0.4, 0.5) is 4.79 Å². The average molecular weight is 385 g/mol. The van der Waals surface area contributed by atoms with Crippen molar-refractivity contribution >= 4 is 17.9 Å². The number of carbonyl (C=O) groups is 3. The highest BCUT2D eigenvalue weighted by Crippen LogP contribution is 2.33. The van der Waals surface area contributed by atoms with Gasteiger partial charge in [0.15, 0.2) is 5.60 Å². The second-order valence-corrected chi connectivity index (χ2v) is 8.35. The van der Waals surface area contributed by atoms with Crippen LogP contribution in [0.25, 0.3) is 0 Å². The van der Waals surface area contributed by atoms with Gasteiger partial charge in [0.05, 0.1) is 13.1 Å². The Morgan fingerprint density at radius 3 is 2.32 bits per heavy atom. The van der Waals surface area contributed by atoms with Gasteiger partial charge in [0.25, 0.3) is 5.91 Å². The van der Waals surface area contributed by atoms with E-state index in [4.69, 9.17) is 4.74 Å². The van der Waals surface area contributed by atoms with Crippen molar-refractivity contribution in [2.45, 2.75) is 31.8 Å². The molecule has 3 amide bonds. The molecule has 0 N–H and O–H groups in total. The fraction of sp³-hybridized carbons (Fsp3) is 0.571. The van der Waals surface area contributed by atoms with Crippen LogP contribution in [0.3, 0.4) is 0 Å². The molecule has 0 aliphatic carbocycles. The zero-order chi connectivity index (χ0) is 19.9. The number of likely N-dealkylation sites (tertiary alicyclic amines) is 2. The topological polar surface area (TPSA) is 70.2 Å². The summed E-state index contributed by atoms with van der Waals surface area (Å²) in [6.07, 6.45) is 1.75. The summed E-state index contributed by atoms with van der Waals surface area (Å²) in [6.45, 7) is 4.84. The van der Waals surface area contributed by atoms with Crippen LogP contribution in [0.5, 0.6) is 0 Å². The molecule has 0 aromatic heterocycles. The molecule has 7 nitrogen and oxygen atoms in total. The Morgan fingerprint density at radius 1 is 1.04 bits per heavy atom. The number of hydrogen-bond acceptors (Lipinski definition) is 4. The Bertz CT molecular complexity index is 785. The Morgan fingerprint density at radius 2 is 1.71 bits per heavy atom. The molecule has 28 heavy (non-hydrogen) atoms. The third kappa shape index (κ3) is 3.45. The smallest absolute Gasteiger partial charge is 0.410 e. The van der Waals surface area contributed by atoms with Gasteiger partial charge in [-0.25, -0.2) is 4.79 Å². The molecule has 1 atom stereocenters. The van der Waals surface area contributed by atoms with Gasteiger partial charge in [0.2, 0.25) is 5.91 Å². The highest BCUT2D eigenvalue weighted by Gasteiger charge is 2.50. The van der Waals surface area contributed by atoms with Gasteiger partial charge in [-0.1, -0.05) is 17.7 Å². The first-order valence-electron chi connectivity index (χ1n) is 9.96. The normalized spacial score (nSPS) is 25.5. The molecule has 1 spiro atoms. The molecular formula is C21H27N3O4. The van der Waals surface area contributed by atoms with Crippen LogP contribution in [0.15, 0.2) is 24.3 Å². The van der Waals surface area contributed by atoms with E-state index >= 15 is 0 Å². The minimum atomic E-state index is -0.538. The summed E-state index contributed by atoms with van der Waals surface area (Å²) in [6, 6.07) is 7.61. The fourth-order valence-corrected chi connectivity index (χ4v) is 4.50. The van der Waals surface area contributed by atoms with Gasteiger partial charge in [-0.2, -0.15) is 0 Å². The van der Waals surface area contributed by atoms with Crippen molar-refractivity contribution < 1.29 is 19.1 Å². The fourth-order valence-electron chi connectivity index (χ4n) is 4.50. The molecule has 0 radical (unpaired) electrons. The SMILES string of the molecule is Cc1ccc(C(=O)N2CCC(C(=O)N3CCC4(CN(C)C(=O)O4)C3)CC2)cc1. The maximum Gasteiger partial charge on any atom is 0.410 e. The maximum absolute atomic E-state index is 13.0. The van der Waals surface area contributed by atoms with Crippen LogP contribution in [0, 0.1) is 12.8 Å². The van der Waals surface area contributed by atoms with E-state index in [9.17, 15) is 14.4 Å². The van der Waals surface area contributed by atoms with Crippen molar-refractivity contribution in [1.82, 2.24) is 14.7 Å². The van der Waals surface area contributed by atoms with E-state index in [-0.39, 0.29) is 23.8 Å². The quantitative estimate of drug-likeness (QED) is 0.780. The highest BCUT2D eigenvalue weighted by atomic mass is 16.6. The number of carbonyl (C=O) groups excluding carboxylic acids is 3. The van der Waals surface area contributed by atoms with E-state index in [1.165, 1.54) is 0 Å². The molecular weight excluding hydrogens is 358 g/mol. The van der Waals surface area contributed by atoms with Crippen LogP contribution >= 0.6 is 0 Å². The van der Waals surface area contributed by atoms with Gasteiger partial charge in [0, 0.05) is 44.6 Å². The highest BCUT2D eigenvalue weighted by molar-refractivity contribution is 5.94. The lowest BCUT2D eigenvalue weighted by atomic mass is 9.94. The van der Waals surface area contributed by atoms with Crippen LogP contribution in [-0.4, -0.2) is 78.0 Å². The molecule has 3 aliphatic rings. The van der Waals surface area contributed by atoms with E-state index in [1.54, 1.807) is 11.9 Å². The Balaban J connectivity index is 1.31. The Labute approximate surface area is 165 Å². The van der Waals surface area contributed by atoms with Gasteiger partial charge < -0.3 is 19.4 Å². The number of likely N-dealkylation sites (N-methyl/N-ethyl adjacent to an activating group) is 1. The Hall–Kier alpha value is -2.57. The lowest BCUT2D eigenvalue weighted by molar-refractivity contribution is -0.136. The lowest BCUT2D eigenvalue weighted by Crippen LogP contribution is -2.45. The molecule has 7 heteroatoms. The van der Waals surface area contributed by atoms with E-state index in [0.29, 0.717) is 57.5 Å². The number of hydrogen-bond donors (Lipinski definition) is 0. The molecule has 150 valence electrons. The monoisotopic (exact) mass is 385 g/mol. The van der Waals surface area contributed by atoms with Gasteiger partial charge in [-0.3, -0.25) is 9.59 Å². The standard InChI is InChI=1S/C21H27N3O4/c1-15-3-5-16(6-4-15)18(25)23-10-7-17(8-11-23)19(26)24-12-9-21(14-24)13-22(2)20(27)28-21/h3-6,17H,7-14H2,1-2H3. The molecule has 3 fully saturated rings. The van der Waals surface area contributed by atoms with Gasteiger partial charge >= 0.3 is 6.09 Å². The molecule has 1 unspecified atom stereocenters. The third-order valence-corrected chi connectivity index (χ3v) is 6.20. The predicted octanol–water partition coefficient (Wildman–Crippen LogP) is 1.90. The summed E-state index contributed by atoms with van der Waals surface area (Å²) < 4.78 is 5.54. The van der Waals surface area contributed by atoms with Gasteiger partial charge in [-0.05, 0) is 31.9 Å². The minimum Gasteiger partial charge on any atom is -0.439 e. The molecule has 3 saturated heterocycles. The molecule has 1 aromatic rings. The van der Waals surface area contributed by atoms with E-state index in [1.807, 2.05) is 41.0 Å². The maximum atomic E-state index is 13.0. The van der Waals surface area contributed by atoms with Crippen molar-refractivity contribution in [2.75, 3.05) is 39.8 Å². The molecule has 3 aliphatic heterocycles. The number of rotatable bonds is 2. The van der Waals surface area contributed by atoms with Crippen molar-refractivity contribution in [3.05, 3.63) is 35.4 Å². The van der Waals surface area contributed by atoms with Crippen molar-refractivity contribution in [2.24, 2.45) is 5.92 Å². The lowest BCUT2D eigenvalue weighted by Gasteiger charge is -2.33. The zero-order valence-electron chi connectivity index (χ0n) is 16.5. The summed E-state index contributed by atoms with van der Waals surface area (Å²) in [5.41, 5.74) is 1.29. The summed E-state index contributed by atoms with van der Waals surface area (Å²) in [5, 5.41) is 0. The number of benzene rings is 1. The van der Waals surface area contributed by atoms with Crippen LogP contribution < -0.4 is 0 Å². The van der Waals surface area contributed by atoms with Crippen LogP contribution in [-0.2, 0) is 9.53 Å². The largest absolute Gasteiger partial charge is 0.439 e. The first-order valence-corrected chi connectivity index (χ1v) is 9.96. The van der Waals surface area contributed by atoms with E-state index < -0.39 is 5.60 Å². The predicted molar refractivity (Wildman–Crippen MR) is 103 cm³/mol.